The minimum Gasteiger partial charge on any atom is -0.480 e. The number of aliphatic carboxylic acids is 1. The normalized spacial score (nSPS) is 11.6. The number of pyridine rings is 1. The van der Waals surface area contributed by atoms with Gasteiger partial charge in [0.25, 0.3) is 15.9 Å². The van der Waals surface area contributed by atoms with Crippen LogP contribution in [0.15, 0.2) is 65.7 Å². The predicted octanol–water partition coefficient (Wildman–Crippen LogP) is 7.83. The zero-order chi connectivity index (χ0) is 47.3. The maximum atomic E-state index is 14.6. The molecule has 0 unspecified atom stereocenters. The van der Waals surface area contributed by atoms with Crippen molar-refractivity contribution in [2.75, 3.05) is 64.1 Å². The zero-order valence-electron chi connectivity index (χ0n) is 37.9. The minimum atomic E-state index is -4.03. The number of anilines is 1. The molecular formula is C47H66FN3O13S. The Kier molecular flexibility index (Phi) is 25.3. The number of ketones is 1. The summed E-state index contributed by atoms with van der Waals surface area (Å²) in [5, 5.41) is 11.2. The van der Waals surface area contributed by atoms with Crippen LogP contribution in [0.1, 0.15) is 114 Å². The molecule has 65 heavy (non-hydrogen) atoms. The van der Waals surface area contributed by atoms with Gasteiger partial charge < -0.3 is 38.8 Å². The molecule has 3 rings (SSSR count). The summed E-state index contributed by atoms with van der Waals surface area (Å²) in [7, 11) is -4.03. The molecule has 0 aliphatic carbocycles. The number of Topliss-reactive ketones (excluding diaryl/α,β-unsaturated/α-hetero) is 1. The number of nitrogens with one attached hydrogen (secondary N) is 2. The zero-order valence-corrected chi connectivity index (χ0v) is 38.7. The van der Waals surface area contributed by atoms with Crippen LogP contribution in [-0.2, 0) is 54.5 Å². The summed E-state index contributed by atoms with van der Waals surface area (Å²) in [6, 6.07) is 13.2. The van der Waals surface area contributed by atoms with Crippen molar-refractivity contribution < 1.29 is 65.5 Å². The molecule has 3 N–H and O–H groups in total. The second-order valence-corrected chi connectivity index (χ2v) is 17.9. The summed E-state index contributed by atoms with van der Waals surface area (Å²) in [5.74, 6) is -1.17. The van der Waals surface area contributed by atoms with Crippen LogP contribution < -0.4 is 14.8 Å². The molecule has 1 aromatic heterocycles. The van der Waals surface area contributed by atoms with Crippen molar-refractivity contribution >= 4 is 39.5 Å². The molecule has 0 aliphatic rings. The Morgan fingerprint density at radius 2 is 1.31 bits per heavy atom. The van der Waals surface area contributed by atoms with E-state index in [1.54, 1.807) is 6.07 Å². The summed E-state index contributed by atoms with van der Waals surface area (Å²) in [4.78, 5) is 50.6. The highest BCUT2D eigenvalue weighted by molar-refractivity contribution is 7.92. The Morgan fingerprint density at radius 1 is 0.692 bits per heavy atom. The molecule has 1 heterocycles. The van der Waals surface area contributed by atoms with E-state index in [-0.39, 0.29) is 93.1 Å². The molecule has 0 bridgehead atoms. The van der Waals surface area contributed by atoms with E-state index in [0.29, 0.717) is 42.9 Å². The summed E-state index contributed by atoms with van der Waals surface area (Å²) in [5.41, 5.74) is 0.331. The monoisotopic (exact) mass is 931 g/mol. The van der Waals surface area contributed by atoms with Gasteiger partial charge in [-0.1, -0.05) is 44.9 Å². The fourth-order valence-corrected chi connectivity index (χ4v) is 7.20. The van der Waals surface area contributed by atoms with E-state index in [1.165, 1.54) is 54.7 Å². The number of benzene rings is 2. The molecule has 0 fully saturated rings. The first-order valence-electron chi connectivity index (χ1n) is 22.2. The Morgan fingerprint density at radius 3 is 1.95 bits per heavy atom. The average molecular weight is 932 g/mol. The lowest BCUT2D eigenvalue weighted by Gasteiger charge is -2.19. The maximum Gasteiger partial charge on any atom is 0.329 e. The number of nitrogens with zero attached hydrogens (tertiary/aromatic N) is 1. The first kappa shape index (κ1) is 54.3. The highest BCUT2D eigenvalue weighted by Gasteiger charge is 2.17. The molecule has 0 spiro atoms. The third kappa shape index (κ3) is 24.7. The molecule has 0 atom stereocenters. The van der Waals surface area contributed by atoms with Crippen LogP contribution in [0, 0.1) is 5.82 Å². The van der Waals surface area contributed by atoms with Crippen molar-refractivity contribution in [1.29, 1.82) is 0 Å². The number of carbonyl (C=O) groups is 4. The number of carbonyl (C=O) groups excluding carboxylic acids is 3. The molecule has 18 heteroatoms. The number of hydrogen-bond donors (Lipinski definition) is 3. The smallest absolute Gasteiger partial charge is 0.329 e. The number of carboxylic acid groups (broad SMARTS) is 1. The predicted molar refractivity (Wildman–Crippen MR) is 241 cm³/mol. The van der Waals surface area contributed by atoms with Crippen molar-refractivity contribution in [1.82, 2.24) is 10.3 Å². The number of aryl methyl sites for hydroxylation is 1. The van der Waals surface area contributed by atoms with Crippen LogP contribution in [0.25, 0.3) is 0 Å². The number of halogens is 1. The maximum absolute atomic E-state index is 14.6. The highest BCUT2D eigenvalue weighted by atomic mass is 32.2. The van der Waals surface area contributed by atoms with E-state index in [0.717, 1.165) is 57.8 Å². The molecule has 1 amide bonds. The van der Waals surface area contributed by atoms with E-state index in [9.17, 15) is 32.0 Å². The van der Waals surface area contributed by atoms with E-state index >= 15 is 0 Å². The Labute approximate surface area is 382 Å². The molecule has 16 nitrogen and oxygen atoms in total. The molecule has 2 aromatic carbocycles. The van der Waals surface area contributed by atoms with Crippen LogP contribution in [0.3, 0.4) is 0 Å². The summed E-state index contributed by atoms with van der Waals surface area (Å²) < 4.78 is 75.3. The largest absolute Gasteiger partial charge is 0.480 e. The molecule has 3 aromatic rings. The average Bonchev–Trinajstić information content (AvgIpc) is 3.25. The van der Waals surface area contributed by atoms with Crippen molar-refractivity contribution in [2.45, 2.75) is 115 Å². The quantitative estimate of drug-likeness (QED) is 0.0379. The third-order valence-electron chi connectivity index (χ3n) is 9.41. The molecule has 0 radical (unpaired) electrons. The van der Waals surface area contributed by atoms with E-state index < -0.39 is 27.5 Å². The first-order chi connectivity index (χ1) is 31.1. The molecule has 0 saturated heterocycles. The topological polar surface area (TPSA) is 215 Å². The minimum absolute atomic E-state index is 0.0136. The second kappa shape index (κ2) is 30.2. The van der Waals surface area contributed by atoms with Crippen LogP contribution in [0.2, 0.25) is 0 Å². The summed E-state index contributed by atoms with van der Waals surface area (Å²) in [6.45, 7) is 6.74. The van der Waals surface area contributed by atoms with Gasteiger partial charge in [-0.2, -0.15) is 0 Å². The van der Waals surface area contributed by atoms with Crippen LogP contribution in [0.4, 0.5) is 10.2 Å². The van der Waals surface area contributed by atoms with Crippen molar-refractivity contribution in [3.05, 3.63) is 77.7 Å². The van der Waals surface area contributed by atoms with Gasteiger partial charge in [0.1, 0.15) is 41.9 Å². The SMILES string of the molecule is CC(C)(C)OC(=O)CCCCCCCCCCCc1cc(Oc2ccc(S(=O)(=O)Nc3ccc(C(=O)NCCOCCOCC(=O)CCCOCCOCC(=O)O)cn3)cc2)ccc1F. The van der Waals surface area contributed by atoms with Crippen LogP contribution in [-0.4, -0.2) is 107 Å². The highest BCUT2D eigenvalue weighted by Crippen LogP contribution is 2.27. The fraction of sp³-hybridized carbons (Fsp3) is 0.553. The number of unbranched alkanes of at least 4 members (excludes halogenated alkanes) is 8. The standard InChI is InChI=1S/C47H66FN3O13S/c1-47(2,3)64-45(55)16-12-10-8-6-4-5-7-9-11-14-36-32-40(20-23-42(36)48)63-39-18-21-41(22-19-39)65(57,58)51-43-24-17-37(33-50-43)46(56)49-25-27-60-29-30-61-34-38(52)15-13-26-59-28-31-62-35-44(53)54/h17-24,32-33H,4-16,25-31,34-35H2,1-3H3,(H,49,56)(H,50,51)(H,53,54). The van der Waals surface area contributed by atoms with Gasteiger partial charge in [0, 0.05) is 32.2 Å². The summed E-state index contributed by atoms with van der Waals surface area (Å²) in [6.07, 6.45) is 12.3. The van der Waals surface area contributed by atoms with Crippen molar-refractivity contribution in [3.63, 3.8) is 0 Å². The van der Waals surface area contributed by atoms with Crippen LogP contribution >= 0.6 is 0 Å². The fourth-order valence-electron chi connectivity index (χ4n) is 6.20. The number of ether oxygens (including phenoxy) is 6. The van der Waals surface area contributed by atoms with Gasteiger partial charge in [-0.05, 0) is 107 Å². The first-order valence-corrected chi connectivity index (χ1v) is 23.7. The Hall–Kier alpha value is -5.01. The number of esters is 1. The van der Waals surface area contributed by atoms with Gasteiger partial charge in [0.2, 0.25) is 0 Å². The van der Waals surface area contributed by atoms with Gasteiger partial charge in [-0.3, -0.25) is 19.1 Å². The van der Waals surface area contributed by atoms with Gasteiger partial charge >= 0.3 is 11.9 Å². The number of amides is 1. The Balaban J connectivity index is 1.27. The summed E-state index contributed by atoms with van der Waals surface area (Å²) >= 11 is 0. The number of hydrogen-bond acceptors (Lipinski definition) is 13. The van der Waals surface area contributed by atoms with E-state index in [4.69, 9.17) is 33.5 Å². The molecule has 0 saturated carbocycles. The van der Waals surface area contributed by atoms with Gasteiger partial charge in [-0.15, -0.1) is 0 Å². The van der Waals surface area contributed by atoms with E-state index in [1.807, 2.05) is 20.8 Å². The number of sulfonamides is 1. The van der Waals surface area contributed by atoms with Crippen molar-refractivity contribution in [2.24, 2.45) is 0 Å². The van der Waals surface area contributed by atoms with Gasteiger partial charge in [0.15, 0.2) is 5.78 Å². The number of aromatic nitrogens is 1. The lowest BCUT2D eigenvalue weighted by molar-refractivity contribution is -0.155. The van der Waals surface area contributed by atoms with E-state index in [2.05, 4.69) is 15.0 Å². The lowest BCUT2D eigenvalue weighted by Crippen LogP contribution is -2.28. The third-order valence-corrected chi connectivity index (χ3v) is 10.8. The second-order valence-electron chi connectivity index (χ2n) is 16.3. The number of rotatable bonds is 35. The molecule has 360 valence electrons. The van der Waals surface area contributed by atoms with Gasteiger partial charge in [-0.25, -0.2) is 22.6 Å². The van der Waals surface area contributed by atoms with Gasteiger partial charge in [0.05, 0.1) is 43.5 Å². The molecule has 0 aliphatic heterocycles. The van der Waals surface area contributed by atoms with Crippen molar-refractivity contribution in [3.8, 4) is 11.5 Å². The number of carboxylic acids is 1. The Bertz CT molecular complexity index is 1990. The molecular weight excluding hydrogens is 866 g/mol. The lowest BCUT2D eigenvalue weighted by atomic mass is 10.0. The van der Waals surface area contributed by atoms with Crippen LogP contribution in [0.5, 0.6) is 11.5 Å².